The minimum absolute atomic E-state index is 0.203. The van der Waals surface area contributed by atoms with Crippen molar-refractivity contribution in [1.29, 1.82) is 0 Å². The molecule has 2 aromatic heterocycles. The Balaban J connectivity index is 1.42. The zero-order valence-corrected chi connectivity index (χ0v) is 19.3. The number of hydrogen-bond donors (Lipinski definition) is 1. The zero-order valence-electron chi connectivity index (χ0n) is 19.3. The van der Waals surface area contributed by atoms with E-state index in [0.29, 0.717) is 28.7 Å². The van der Waals surface area contributed by atoms with E-state index in [0.717, 1.165) is 48.2 Å². The summed E-state index contributed by atoms with van der Waals surface area (Å²) in [5.74, 6) is 0.0948. The van der Waals surface area contributed by atoms with Crippen molar-refractivity contribution in [2.75, 3.05) is 32.1 Å². The van der Waals surface area contributed by atoms with Gasteiger partial charge in [0.2, 0.25) is 5.78 Å². The molecule has 0 atom stereocenters. The molecular weight excluding hydrogens is 424 g/mol. The minimum Gasteiger partial charge on any atom is -0.371 e. The summed E-state index contributed by atoms with van der Waals surface area (Å²) in [5, 5.41) is 0. The molecule has 3 heterocycles. The lowest BCUT2D eigenvalue weighted by molar-refractivity contribution is 0.103. The van der Waals surface area contributed by atoms with Gasteiger partial charge in [0.15, 0.2) is 11.5 Å². The van der Waals surface area contributed by atoms with Gasteiger partial charge < -0.3 is 14.8 Å². The summed E-state index contributed by atoms with van der Waals surface area (Å²) < 4.78 is 0. The molecular formula is C27H26N6O. The highest BCUT2D eigenvalue weighted by atomic mass is 16.1. The number of aromatic nitrogens is 3. The molecule has 1 aliphatic rings. The molecule has 170 valence electrons. The van der Waals surface area contributed by atoms with Gasteiger partial charge in [-0.2, -0.15) is 0 Å². The number of pyridine rings is 1. The van der Waals surface area contributed by atoms with Crippen LogP contribution in [0.3, 0.4) is 0 Å². The molecule has 1 N–H and O–H groups in total. The number of hydrogen-bond acceptors (Lipinski definition) is 5. The molecule has 2 aromatic carbocycles. The number of imidazole rings is 1. The molecule has 0 spiro atoms. The molecule has 0 bridgehead atoms. The molecule has 0 saturated carbocycles. The predicted octanol–water partition coefficient (Wildman–Crippen LogP) is 4.94. The third-order valence-electron chi connectivity index (χ3n) is 6.59. The number of anilines is 1. The summed E-state index contributed by atoms with van der Waals surface area (Å²) in [6, 6.07) is 15.6. The summed E-state index contributed by atoms with van der Waals surface area (Å²) in [7, 11) is 4.29. The van der Waals surface area contributed by atoms with Crippen LogP contribution in [0.5, 0.6) is 0 Å². The van der Waals surface area contributed by atoms with Crippen molar-refractivity contribution in [3.63, 3.8) is 0 Å². The van der Waals surface area contributed by atoms with Crippen molar-refractivity contribution in [1.82, 2.24) is 19.9 Å². The quantitative estimate of drug-likeness (QED) is 0.345. The predicted molar refractivity (Wildman–Crippen MR) is 134 cm³/mol. The molecule has 4 aromatic rings. The average molecular weight is 451 g/mol. The Labute approximate surface area is 198 Å². The number of piperidine rings is 1. The lowest BCUT2D eigenvalue weighted by atomic mass is 10.0. The number of nitrogens with one attached hydrogen (secondary N) is 1. The first-order valence-electron chi connectivity index (χ1n) is 11.4. The van der Waals surface area contributed by atoms with Gasteiger partial charge in [-0.15, -0.1) is 0 Å². The molecule has 1 saturated heterocycles. The van der Waals surface area contributed by atoms with Crippen LogP contribution in [0.25, 0.3) is 27.0 Å². The fraction of sp³-hybridized carbons (Fsp3) is 0.259. The second kappa shape index (κ2) is 9.08. The van der Waals surface area contributed by atoms with Gasteiger partial charge in [0.25, 0.3) is 0 Å². The number of carbonyl (C=O) groups is 1. The van der Waals surface area contributed by atoms with E-state index in [9.17, 15) is 4.79 Å². The van der Waals surface area contributed by atoms with Crippen LogP contribution < -0.4 is 4.90 Å². The Morgan fingerprint density at radius 1 is 1.15 bits per heavy atom. The summed E-state index contributed by atoms with van der Waals surface area (Å²) in [5.41, 5.74) is 5.21. The molecule has 1 fully saturated rings. The zero-order chi connectivity index (χ0) is 23.7. The van der Waals surface area contributed by atoms with Crippen molar-refractivity contribution in [2.45, 2.75) is 18.9 Å². The van der Waals surface area contributed by atoms with Crippen LogP contribution in [0.1, 0.15) is 29.0 Å². The maximum Gasteiger partial charge on any atom is 0.228 e. The van der Waals surface area contributed by atoms with Crippen molar-refractivity contribution in [3.8, 4) is 11.1 Å². The molecule has 7 nitrogen and oxygen atoms in total. The standard InChI is InChI=1S/C27H26N6O/c1-28-23-8-6-18(15-22(23)19-5-4-12-29-17-19)26(34)27-30-24-9-7-21(16-25(24)31-27)33-13-10-20(11-14-33)32(2)3/h4-9,12,15-17,20H,10-11,13-14H2,2-3H3,(H,30,31). The molecule has 5 rings (SSSR count). The van der Waals surface area contributed by atoms with Crippen LogP contribution in [-0.4, -0.2) is 58.9 Å². The summed E-state index contributed by atoms with van der Waals surface area (Å²) in [6.07, 6.45) is 5.65. The summed E-state index contributed by atoms with van der Waals surface area (Å²) >= 11 is 0. The van der Waals surface area contributed by atoms with Crippen LogP contribution in [0, 0.1) is 6.57 Å². The Morgan fingerprint density at radius 2 is 1.97 bits per heavy atom. The first kappa shape index (κ1) is 21.8. The maximum atomic E-state index is 13.3. The van der Waals surface area contributed by atoms with Gasteiger partial charge in [0.05, 0.1) is 17.6 Å². The Kier molecular flexibility index (Phi) is 5.83. The van der Waals surface area contributed by atoms with E-state index in [1.54, 1.807) is 30.6 Å². The van der Waals surface area contributed by atoms with Gasteiger partial charge in [-0.25, -0.2) is 9.83 Å². The fourth-order valence-electron chi connectivity index (χ4n) is 4.61. The van der Waals surface area contributed by atoms with Gasteiger partial charge in [-0.1, -0.05) is 24.3 Å². The monoisotopic (exact) mass is 450 g/mol. The molecule has 0 aliphatic carbocycles. The van der Waals surface area contributed by atoms with Crippen LogP contribution in [0.2, 0.25) is 0 Å². The first-order chi connectivity index (χ1) is 16.5. The molecule has 0 amide bonds. The third kappa shape index (κ3) is 4.16. The number of nitrogens with zero attached hydrogens (tertiary/aromatic N) is 5. The number of carbonyl (C=O) groups excluding carboxylic acids is 1. The van der Waals surface area contributed by atoms with Crippen LogP contribution in [0.4, 0.5) is 11.4 Å². The average Bonchev–Trinajstić information content (AvgIpc) is 3.32. The topological polar surface area (TPSA) is 69.5 Å². The number of ketones is 1. The van der Waals surface area contributed by atoms with E-state index < -0.39 is 0 Å². The van der Waals surface area contributed by atoms with E-state index in [-0.39, 0.29) is 5.78 Å². The number of aromatic amines is 1. The van der Waals surface area contributed by atoms with E-state index in [1.807, 2.05) is 18.2 Å². The largest absolute Gasteiger partial charge is 0.371 e. The molecule has 0 unspecified atom stereocenters. The third-order valence-corrected chi connectivity index (χ3v) is 6.59. The van der Waals surface area contributed by atoms with Crippen molar-refractivity contribution < 1.29 is 4.79 Å². The smallest absolute Gasteiger partial charge is 0.228 e. The van der Waals surface area contributed by atoms with Crippen LogP contribution >= 0.6 is 0 Å². The highest BCUT2D eigenvalue weighted by molar-refractivity contribution is 6.09. The Morgan fingerprint density at radius 3 is 2.68 bits per heavy atom. The van der Waals surface area contributed by atoms with Crippen LogP contribution in [0.15, 0.2) is 60.9 Å². The second-order valence-electron chi connectivity index (χ2n) is 8.88. The normalized spacial score (nSPS) is 14.5. The fourth-order valence-corrected chi connectivity index (χ4v) is 4.61. The molecule has 1 aliphatic heterocycles. The van der Waals surface area contributed by atoms with Gasteiger partial charge in [-0.3, -0.25) is 9.78 Å². The number of H-pyrrole nitrogens is 1. The lowest BCUT2D eigenvalue weighted by Crippen LogP contribution is -2.41. The van der Waals surface area contributed by atoms with E-state index >= 15 is 0 Å². The second-order valence-corrected chi connectivity index (χ2v) is 8.88. The summed E-state index contributed by atoms with van der Waals surface area (Å²) in [4.78, 5) is 33.5. The maximum absolute atomic E-state index is 13.3. The molecule has 0 radical (unpaired) electrons. The van der Waals surface area contributed by atoms with Gasteiger partial charge in [0.1, 0.15) is 0 Å². The van der Waals surface area contributed by atoms with E-state index in [1.165, 1.54) is 0 Å². The van der Waals surface area contributed by atoms with Gasteiger partial charge in [0, 0.05) is 42.8 Å². The lowest BCUT2D eigenvalue weighted by Gasteiger charge is -2.36. The Bertz CT molecular complexity index is 1380. The van der Waals surface area contributed by atoms with Crippen LogP contribution in [-0.2, 0) is 0 Å². The molecule has 7 heteroatoms. The minimum atomic E-state index is -0.203. The van der Waals surface area contributed by atoms with Crippen molar-refractivity contribution >= 4 is 28.2 Å². The van der Waals surface area contributed by atoms with E-state index in [2.05, 4.69) is 55.8 Å². The highest BCUT2D eigenvalue weighted by Gasteiger charge is 2.22. The van der Waals surface area contributed by atoms with Crippen molar-refractivity contribution in [3.05, 3.63) is 83.7 Å². The Hall–Kier alpha value is -4.02. The van der Waals surface area contributed by atoms with Gasteiger partial charge in [-0.05, 0) is 62.3 Å². The first-order valence-corrected chi connectivity index (χ1v) is 11.4. The van der Waals surface area contributed by atoms with Gasteiger partial charge >= 0.3 is 0 Å². The number of benzene rings is 2. The highest BCUT2D eigenvalue weighted by Crippen LogP contribution is 2.32. The number of fused-ring (bicyclic) bond motifs is 1. The van der Waals surface area contributed by atoms with E-state index in [4.69, 9.17) is 6.57 Å². The SMILES string of the molecule is [C-]#[N+]c1ccc(C(=O)c2nc3ccc(N4CCC(N(C)C)CC4)cc3[nH]2)cc1-c1cccnc1. The summed E-state index contributed by atoms with van der Waals surface area (Å²) in [6.45, 7) is 9.51. The number of rotatable bonds is 5. The van der Waals surface area contributed by atoms with Crippen molar-refractivity contribution in [2.24, 2.45) is 0 Å². The molecule has 34 heavy (non-hydrogen) atoms.